The largest absolute Gasteiger partial charge is 0.460 e. The molecule has 2 atom stereocenters. The number of hydrogen-bond acceptors (Lipinski definition) is 3. The monoisotopic (exact) mass is 223 g/mol. The fourth-order valence-electron chi connectivity index (χ4n) is 2.21. The maximum Gasteiger partial charge on any atom is 0.306 e. The van der Waals surface area contributed by atoms with Gasteiger partial charge in [-0.1, -0.05) is 6.42 Å². The molecule has 0 N–H and O–H groups in total. The van der Waals surface area contributed by atoms with Gasteiger partial charge in [0.25, 0.3) is 0 Å². The molecule has 0 spiro atoms. The lowest BCUT2D eigenvalue weighted by Crippen LogP contribution is -2.26. The zero-order valence-electron chi connectivity index (χ0n) is 10.5. The molecule has 16 heavy (non-hydrogen) atoms. The quantitative estimate of drug-likeness (QED) is 0.676. The summed E-state index contributed by atoms with van der Waals surface area (Å²) in [4.78, 5) is 11.6. The molecule has 0 aromatic rings. The molecule has 1 aliphatic carbocycles. The van der Waals surface area contributed by atoms with Crippen molar-refractivity contribution in [2.75, 3.05) is 0 Å². The molecule has 0 aromatic heterocycles. The Labute approximate surface area is 97.8 Å². The van der Waals surface area contributed by atoms with Gasteiger partial charge in [0.05, 0.1) is 6.07 Å². The van der Waals surface area contributed by atoms with E-state index in [1.54, 1.807) is 0 Å². The predicted molar refractivity (Wildman–Crippen MR) is 61.5 cm³/mol. The van der Waals surface area contributed by atoms with E-state index in [0.717, 1.165) is 25.7 Å². The van der Waals surface area contributed by atoms with Crippen molar-refractivity contribution in [1.29, 1.82) is 5.26 Å². The first kappa shape index (κ1) is 13.0. The van der Waals surface area contributed by atoms with Crippen molar-refractivity contribution in [1.82, 2.24) is 0 Å². The summed E-state index contributed by atoms with van der Waals surface area (Å²) in [6, 6.07) is 2.30. The second-order valence-electron chi connectivity index (χ2n) is 5.65. The van der Waals surface area contributed by atoms with Crippen LogP contribution in [0.2, 0.25) is 0 Å². The number of rotatable bonds is 2. The lowest BCUT2D eigenvalue weighted by molar-refractivity contribution is -0.156. The minimum atomic E-state index is -0.402. The molecule has 0 heterocycles. The van der Waals surface area contributed by atoms with E-state index in [1.807, 2.05) is 20.8 Å². The summed E-state index contributed by atoms with van der Waals surface area (Å²) in [6.07, 6.45) is 4.43. The zero-order valence-corrected chi connectivity index (χ0v) is 10.5. The molecule has 0 bridgehead atoms. The Kier molecular flexibility index (Phi) is 4.35. The minimum absolute atomic E-state index is 0.129. The summed E-state index contributed by atoms with van der Waals surface area (Å²) in [5.41, 5.74) is -0.402. The highest BCUT2D eigenvalue weighted by atomic mass is 16.6. The van der Waals surface area contributed by atoms with E-state index in [9.17, 15) is 4.79 Å². The standard InChI is InChI=1S/C13H21NO2/c1-13(2,3)16-12(15)8-10-5-4-6-11(7-10)9-14/h10-11H,4-8H2,1-3H3/t10-,11+/m1/s1. The molecule has 0 unspecified atom stereocenters. The van der Waals surface area contributed by atoms with E-state index < -0.39 is 5.60 Å². The molecule has 90 valence electrons. The van der Waals surface area contributed by atoms with E-state index in [-0.39, 0.29) is 11.9 Å². The lowest BCUT2D eigenvalue weighted by Gasteiger charge is -2.26. The van der Waals surface area contributed by atoms with Crippen LogP contribution >= 0.6 is 0 Å². The average molecular weight is 223 g/mol. The third-order valence-corrected chi connectivity index (χ3v) is 2.84. The van der Waals surface area contributed by atoms with Crippen molar-refractivity contribution in [3.05, 3.63) is 0 Å². The van der Waals surface area contributed by atoms with Crippen LogP contribution in [-0.4, -0.2) is 11.6 Å². The van der Waals surface area contributed by atoms with Gasteiger partial charge in [0.15, 0.2) is 0 Å². The Morgan fingerprint density at radius 3 is 2.69 bits per heavy atom. The third kappa shape index (κ3) is 4.65. The molecule has 1 rings (SSSR count). The van der Waals surface area contributed by atoms with Gasteiger partial charge >= 0.3 is 5.97 Å². The van der Waals surface area contributed by atoms with Crippen LogP contribution in [0.1, 0.15) is 52.9 Å². The molecule has 0 saturated heterocycles. The average Bonchev–Trinajstić information content (AvgIpc) is 2.15. The molecule has 0 aliphatic heterocycles. The highest BCUT2D eigenvalue weighted by Gasteiger charge is 2.25. The number of nitrogens with zero attached hydrogens (tertiary/aromatic N) is 1. The Morgan fingerprint density at radius 1 is 1.44 bits per heavy atom. The van der Waals surface area contributed by atoms with Crippen LogP contribution in [-0.2, 0) is 9.53 Å². The molecule has 1 aliphatic rings. The Balaban J connectivity index is 2.37. The maximum absolute atomic E-state index is 11.6. The van der Waals surface area contributed by atoms with Crippen LogP contribution in [0.3, 0.4) is 0 Å². The van der Waals surface area contributed by atoms with Crippen LogP contribution in [0.25, 0.3) is 0 Å². The molecular weight excluding hydrogens is 202 g/mol. The number of carbonyl (C=O) groups excluding carboxylic acids is 1. The molecule has 0 radical (unpaired) electrons. The van der Waals surface area contributed by atoms with Crippen LogP contribution in [0.5, 0.6) is 0 Å². The highest BCUT2D eigenvalue weighted by molar-refractivity contribution is 5.70. The van der Waals surface area contributed by atoms with Crippen molar-refractivity contribution >= 4 is 5.97 Å². The van der Waals surface area contributed by atoms with Gasteiger partial charge in [-0.15, -0.1) is 0 Å². The molecule has 1 fully saturated rings. The Bertz CT molecular complexity index is 285. The Hall–Kier alpha value is -1.04. The predicted octanol–water partition coefficient (Wildman–Crippen LogP) is 3.05. The van der Waals surface area contributed by atoms with Crippen molar-refractivity contribution in [2.24, 2.45) is 11.8 Å². The number of esters is 1. The summed E-state index contributed by atoms with van der Waals surface area (Å²) in [6.45, 7) is 5.64. The molecule has 1 saturated carbocycles. The minimum Gasteiger partial charge on any atom is -0.460 e. The fourth-order valence-corrected chi connectivity index (χ4v) is 2.21. The van der Waals surface area contributed by atoms with Gasteiger partial charge in [-0.3, -0.25) is 4.79 Å². The zero-order chi connectivity index (χ0) is 12.2. The van der Waals surface area contributed by atoms with E-state index in [1.165, 1.54) is 0 Å². The van der Waals surface area contributed by atoms with Crippen molar-refractivity contribution in [2.45, 2.75) is 58.5 Å². The highest BCUT2D eigenvalue weighted by Crippen LogP contribution is 2.31. The second kappa shape index (κ2) is 5.34. The first-order valence-corrected chi connectivity index (χ1v) is 6.02. The topological polar surface area (TPSA) is 50.1 Å². The molecule has 3 nitrogen and oxygen atoms in total. The van der Waals surface area contributed by atoms with Gasteiger partial charge in [0.2, 0.25) is 0 Å². The van der Waals surface area contributed by atoms with E-state index in [2.05, 4.69) is 6.07 Å². The number of hydrogen-bond donors (Lipinski definition) is 0. The van der Waals surface area contributed by atoms with Crippen LogP contribution < -0.4 is 0 Å². The lowest BCUT2D eigenvalue weighted by atomic mass is 9.80. The van der Waals surface area contributed by atoms with Crippen LogP contribution in [0.4, 0.5) is 0 Å². The number of carbonyl (C=O) groups is 1. The second-order valence-corrected chi connectivity index (χ2v) is 5.65. The van der Waals surface area contributed by atoms with E-state index >= 15 is 0 Å². The van der Waals surface area contributed by atoms with E-state index in [4.69, 9.17) is 10.00 Å². The maximum atomic E-state index is 11.6. The summed E-state index contributed by atoms with van der Waals surface area (Å²) >= 11 is 0. The normalized spacial score (nSPS) is 25.9. The van der Waals surface area contributed by atoms with Gasteiger partial charge in [-0.05, 0) is 46.0 Å². The molecular formula is C13H21NO2. The SMILES string of the molecule is CC(C)(C)OC(=O)C[C@@H]1CCC[C@H](C#N)C1. The number of ether oxygens (including phenoxy) is 1. The van der Waals surface area contributed by atoms with Crippen LogP contribution in [0.15, 0.2) is 0 Å². The molecule has 0 aromatic carbocycles. The van der Waals surface area contributed by atoms with Crippen molar-refractivity contribution < 1.29 is 9.53 Å². The van der Waals surface area contributed by atoms with Gasteiger partial charge < -0.3 is 4.74 Å². The third-order valence-electron chi connectivity index (χ3n) is 2.84. The first-order chi connectivity index (χ1) is 7.40. The fraction of sp³-hybridized carbons (Fsp3) is 0.846. The first-order valence-electron chi connectivity index (χ1n) is 6.02. The molecule has 3 heteroatoms. The summed E-state index contributed by atoms with van der Waals surface area (Å²) in [5.74, 6) is 0.352. The van der Waals surface area contributed by atoms with Gasteiger partial charge in [0, 0.05) is 12.3 Å². The van der Waals surface area contributed by atoms with Gasteiger partial charge in [-0.25, -0.2) is 0 Å². The Morgan fingerprint density at radius 2 is 2.12 bits per heavy atom. The smallest absolute Gasteiger partial charge is 0.306 e. The summed E-state index contributed by atoms with van der Waals surface area (Å²) in [5, 5.41) is 8.86. The summed E-state index contributed by atoms with van der Waals surface area (Å²) < 4.78 is 5.29. The summed E-state index contributed by atoms with van der Waals surface area (Å²) in [7, 11) is 0. The van der Waals surface area contributed by atoms with Crippen molar-refractivity contribution in [3.63, 3.8) is 0 Å². The number of nitriles is 1. The van der Waals surface area contributed by atoms with Gasteiger partial charge in [0.1, 0.15) is 5.60 Å². The van der Waals surface area contributed by atoms with Crippen LogP contribution in [0, 0.1) is 23.2 Å². The van der Waals surface area contributed by atoms with Gasteiger partial charge in [-0.2, -0.15) is 5.26 Å². The molecule has 0 amide bonds. The van der Waals surface area contributed by atoms with E-state index in [0.29, 0.717) is 12.3 Å². The van der Waals surface area contributed by atoms with Crippen molar-refractivity contribution in [3.8, 4) is 6.07 Å².